The molecule has 1 aromatic rings. The molecule has 1 aromatic carbocycles. The number of benzene rings is 1. The summed E-state index contributed by atoms with van der Waals surface area (Å²) in [6, 6.07) is 4.88. The number of hydrogen-bond acceptors (Lipinski definition) is 4. The highest BCUT2D eigenvalue weighted by atomic mass is 35.5. The van der Waals surface area contributed by atoms with Gasteiger partial charge < -0.3 is 4.74 Å². The molecule has 0 aliphatic heterocycles. The first-order valence-electron chi connectivity index (χ1n) is 5.63. The smallest absolute Gasteiger partial charge is 0.324 e. The molecule has 0 fully saturated rings. The van der Waals surface area contributed by atoms with Crippen molar-refractivity contribution < 1.29 is 17.9 Å². The van der Waals surface area contributed by atoms with Crippen LogP contribution in [-0.2, 0) is 19.6 Å². The molecule has 0 bridgehead atoms. The molecule has 0 saturated heterocycles. The molecular formula is C12H16ClNO4S. The molecule has 5 nitrogen and oxygen atoms in total. The minimum Gasteiger partial charge on any atom is -0.468 e. The van der Waals surface area contributed by atoms with Crippen molar-refractivity contribution in [2.75, 3.05) is 7.11 Å². The second-order valence-electron chi connectivity index (χ2n) is 4.32. The summed E-state index contributed by atoms with van der Waals surface area (Å²) in [5.41, 5.74) is 0. The van der Waals surface area contributed by atoms with Crippen molar-refractivity contribution in [2.24, 2.45) is 5.92 Å². The largest absolute Gasteiger partial charge is 0.468 e. The second-order valence-corrected chi connectivity index (χ2v) is 6.47. The lowest BCUT2D eigenvalue weighted by atomic mass is 10.1. The average Bonchev–Trinajstić information content (AvgIpc) is 2.35. The number of carbonyl (C=O) groups excluding carboxylic acids is 1. The van der Waals surface area contributed by atoms with Gasteiger partial charge in [0, 0.05) is 5.02 Å². The maximum absolute atomic E-state index is 12.1. The maximum Gasteiger partial charge on any atom is 0.324 e. The third-order valence-corrected chi connectivity index (χ3v) is 4.18. The van der Waals surface area contributed by atoms with Crippen molar-refractivity contribution in [1.29, 1.82) is 0 Å². The summed E-state index contributed by atoms with van der Waals surface area (Å²) >= 11 is 5.76. The molecule has 1 atom stereocenters. The van der Waals surface area contributed by atoms with Crippen molar-refractivity contribution >= 4 is 27.6 Å². The van der Waals surface area contributed by atoms with Crippen LogP contribution in [-0.4, -0.2) is 27.5 Å². The summed E-state index contributed by atoms with van der Waals surface area (Å²) in [7, 11) is -2.60. The predicted molar refractivity (Wildman–Crippen MR) is 72.4 cm³/mol. The lowest BCUT2D eigenvalue weighted by molar-refractivity contribution is -0.143. The Bertz CT molecular complexity index is 557. The van der Waals surface area contributed by atoms with Gasteiger partial charge in [-0.25, -0.2) is 8.42 Å². The van der Waals surface area contributed by atoms with E-state index in [1.807, 2.05) is 0 Å². The summed E-state index contributed by atoms with van der Waals surface area (Å²) in [4.78, 5) is 11.6. The topological polar surface area (TPSA) is 72.5 Å². The molecule has 0 aromatic heterocycles. The third-order valence-electron chi connectivity index (χ3n) is 2.51. The van der Waals surface area contributed by atoms with Gasteiger partial charge in [-0.3, -0.25) is 4.79 Å². The zero-order chi connectivity index (χ0) is 14.6. The number of nitrogens with one attached hydrogen (secondary N) is 1. The van der Waals surface area contributed by atoms with Crippen LogP contribution in [0.25, 0.3) is 0 Å². The van der Waals surface area contributed by atoms with Gasteiger partial charge >= 0.3 is 5.97 Å². The van der Waals surface area contributed by atoms with Crippen LogP contribution in [0, 0.1) is 5.92 Å². The van der Waals surface area contributed by atoms with E-state index in [1.165, 1.54) is 25.3 Å². The highest BCUT2D eigenvalue weighted by Gasteiger charge is 2.29. The van der Waals surface area contributed by atoms with Crippen LogP contribution in [0.4, 0.5) is 0 Å². The molecular weight excluding hydrogens is 290 g/mol. The molecule has 0 heterocycles. The van der Waals surface area contributed by atoms with Crippen molar-refractivity contribution in [2.45, 2.75) is 24.8 Å². The Balaban J connectivity index is 3.04. The van der Waals surface area contributed by atoms with Gasteiger partial charge in [0.2, 0.25) is 10.0 Å². The number of hydrogen-bond donors (Lipinski definition) is 1. The number of ether oxygens (including phenoxy) is 1. The Morgan fingerprint density at radius 3 is 2.47 bits per heavy atom. The number of carbonyl (C=O) groups is 1. The quantitative estimate of drug-likeness (QED) is 0.842. The monoisotopic (exact) mass is 305 g/mol. The predicted octanol–water partition coefficient (Wildman–Crippen LogP) is 1.82. The first-order chi connectivity index (χ1) is 8.77. The van der Waals surface area contributed by atoms with E-state index in [1.54, 1.807) is 19.9 Å². The lowest BCUT2D eigenvalue weighted by Crippen LogP contribution is -2.44. The summed E-state index contributed by atoms with van der Waals surface area (Å²) in [5.74, 6) is -0.859. The number of methoxy groups -OCH3 is 1. The molecule has 1 rings (SSSR count). The molecule has 0 spiro atoms. The molecule has 0 amide bonds. The fraction of sp³-hybridized carbons (Fsp3) is 0.417. The van der Waals surface area contributed by atoms with Gasteiger partial charge in [0.05, 0.1) is 12.0 Å². The van der Waals surface area contributed by atoms with E-state index in [2.05, 4.69) is 9.46 Å². The molecule has 0 radical (unpaired) electrons. The average molecular weight is 306 g/mol. The van der Waals surface area contributed by atoms with E-state index >= 15 is 0 Å². The van der Waals surface area contributed by atoms with Gasteiger partial charge in [0.25, 0.3) is 0 Å². The highest BCUT2D eigenvalue weighted by Crippen LogP contribution is 2.17. The minimum atomic E-state index is -3.82. The molecule has 1 N–H and O–H groups in total. The van der Waals surface area contributed by atoms with Gasteiger partial charge in [-0.05, 0) is 24.1 Å². The van der Waals surface area contributed by atoms with Crippen LogP contribution in [0.5, 0.6) is 0 Å². The first-order valence-corrected chi connectivity index (χ1v) is 7.49. The Morgan fingerprint density at radius 2 is 2.00 bits per heavy atom. The van der Waals surface area contributed by atoms with Gasteiger partial charge in [-0.2, -0.15) is 4.72 Å². The van der Waals surface area contributed by atoms with Crippen molar-refractivity contribution in [3.05, 3.63) is 29.3 Å². The van der Waals surface area contributed by atoms with Gasteiger partial charge in [-0.1, -0.05) is 31.5 Å². The number of sulfonamides is 1. The Labute approximate surface area is 118 Å². The van der Waals surface area contributed by atoms with E-state index in [9.17, 15) is 13.2 Å². The van der Waals surface area contributed by atoms with Crippen LogP contribution in [0.1, 0.15) is 13.8 Å². The van der Waals surface area contributed by atoms with Crippen LogP contribution in [0.3, 0.4) is 0 Å². The molecule has 0 aliphatic carbocycles. The zero-order valence-electron chi connectivity index (χ0n) is 10.9. The first kappa shape index (κ1) is 15.9. The van der Waals surface area contributed by atoms with Crippen molar-refractivity contribution in [3.63, 3.8) is 0 Å². The second kappa shape index (κ2) is 6.36. The molecule has 0 saturated carbocycles. The summed E-state index contributed by atoms with van der Waals surface area (Å²) in [5, 5.41) is 0.307. The minimum absolute atomic E-state index is 0.00885. The Morgan fingerprint density at radius 1 is 1.37 bits per heavy atom. The molecule has 1 unspecified atom stereocenters. The standard InChI is InChI=1S/C12H16ClNO4S/c1-8(2)11(12(15)18-3)14-19(16,17)10-6-4-5-9(13)7-10/h4-8,11,14H,1-3H3. The van der Waals surface area contributed by atoms with E-state index in [4.69, 9.17) is 11.6 Å². The molecule has 7 heteroatoms. The fourth-order valence-electron chi connectivity index (χ4n) is 1.45. The van der Waals surface area contributed by atoms with Gasteiger partial charge in [0.1, 0.15) is 6.04 Å². The zero-order valence-corrected chi connectivity index (χ0v) is 12.5. The van der Waals surface area contributed by atoms with E-state index in [0.29, 0.717) is 5.02 Å². The number of esters is 1. The van der Waals surface area contributed by atoms with Crippen LogP contribution < -0.4 is 4.72 Å². The van der Waals surface area contributed by atoms with Crippen LogP contribution in [0.15, 0.2) is 29.2 Å². The maximum atomic E-state index is 12.1. The molecule has 19 heavy (non-hydrogen) atoms. The van der Waals surface area contributed by atoms with Gasteiger partial charge in [-0.15, -0.1) is 0 Å². The number of rotatable bonds is 5. The SMILES string of the molecule is COC(=O)C(NS(=O)(=O)c1cccc(Cl)c1)C(C)C. The van der Waals surface area contributed by atoms with Crippen molar-refractivity contribution in [1.82, 2.24) is 4.72 Å². The Hall–Kier alpha value is -1.11. The molecule has 0 aliphatic rings. The summed E-state index contributed by atoms with van der Waals surface area (Å²) < 4.78 is 31.2. The van der Waals surface area contributed by atoms with Crippen LogP contribution >= 0.6 is 11.6 Å². The highest BCUT2D eigenvalue weighted by molar-refractivity contribution is 7.89. The normalized spacial score (nSPS) is 13.3. The van der Waals surface area contributed by atoms with E-state index in [-0.39, 0.29) is 10.8 Å². The lowest BCUT2D eigenvalue weighted by Gasteiger charge is -2.19. The Kier molecular flexibility index (Phi) is 5.34. The van der Waals surface area contributed by atoms with E-state index < -0.39 is 22.0 Å². The number of halogens is 1. The van der Waals surface area contributed by atoms with Crippen molar-refractivity contribution in [3.8, 4) is 0 Å². The fourth-order valence-corrected chi connectivity index (χ4v) is 3.09. The van der Waals surface area contributed by atoms with Gasteiger partial charge in [0.15, 0.2) is 0 Å². The summed E-state index contributed by atoms with van der Waals surface area (Å²) in [6.45, 7) is 3.45. The third kappa shape index (κ3) is 4.19. The van der Waals surface area contributed by atoms with Crippen LogP contribution in [0.2, 0.25) is 5.02 Å². The van der Waals surface area contributed by atoms with E-state index in [0.717, 1.165) is 0 Å². The summed E-state index contributed by atoms with van der Waals surface area (Å²) in [6.07, 6.45) is 0. The molecule has 106 valence electrons.